The van der Waals surface area contributed by atoms with Crippen LogP contribution in [0.1, 0.15) is 54.0 Å². The van der Waals surface area contributed by atoms with Gasteiger partial charge in [-0.3, -0.25) is 24.5 Å². The van der Waals surface area contributed by atoms with Crippen molar-refractivity contribution in [2.45, 2.75) is 56.0 Å². The highest BCUT2D eigenvalue weighted by Crippen LogP contribution is 2.39. The number of alkyl halides is 3. The Morgan fingerprint density at radius 2 is 1.44 bits per heavy atom. The van der Waals surface area contributed by atoms with Crippen LogP contribution in [-0.2, 0) is 54.3 Å². The molecule has 3 aliphatic rings. The number of urea groups is 2. The molecule has 7 amide bonds. The first-order valence-electron chi connectivity index (χ1n) is 14.9. The van der Waals surface area contributed by atoms with Crippen LogP contribution in [0.3, 0.4) is 0 Å². The smallest absolute Gasteiger partial charge is 0.417 e. The fourth-order valence-electron chi connectivity index (χ4n) is 5.92. The van der Waals surface area contributed by atoms with Crippen LogP contribution < -0.4 is 16.0 Å². The van der Waals surface area contributed by atoms with Crippen molar-refractivity contribution in [3.8, 4) is 0 Å². The van der Waals surface area contributed by atoms with E-state index in [0.29, 0.717) is 10.5 Å². The van der Waals surface area contributed by atoms with Crippen LogP contribution >= 0.6 is 11.6 Å². The van der Waals surface area contributed by atoms with Crippen molar-refractivity contribution in [2.24, 2.45) is 0 Å². The van der Waals surface area contributed by atoms with Crippen LogP contribution in [0, 0.1) is 0 Å². The average Bonchev–Trinajstić information content (AvgIpc) is 3.72. The van der Waals surface area contributed by atoms with Gasteiger partial charge in [-0.05, 0) is 48.2 Å². The number of halogens is 4. The number of rotatable bonds is 10. The zero-order valence-electron chi connectivity index (χ0n) is 25.6. The van der Waals surface area contributed by atoms with Gasteiger partial charge in [0.15, 0.2) is 29.5 Å². The van der Waals surface area contributed by atoms with Crippen molar-refractivity contribution in [2.75, 3.05) is 6.73 Å². The van der Waals surface area contributed by atoms with Gasteiger partial charge in [0.05, 0.1) is 10.6 Å². The lowest BCUT2D eigenvalue weighted by molar-refractivity contribution is -0.151. The SMILES string of the molecule is O=C1NC(=O)C(CCC(=O)OCN2C(=O)NC(CCC(=O)N3Cc4cc(Cl)c(C(F)(F)F)cc4C3)(c3ncccn3)C2=O)(c2ncccn2)N1. The van der Waals surface area contributed by atoms with Crippen LogP contribution in [0.25, 0.3) is 0 Å². The molecule has 2 atom stereocenters. The van der Waals surface area contributed by atoms with Crippen molar-refractivity contribution < 1.29 is 46.7 Å². The molecule has 0 bridgehead atoms. The Bertz CT molecular complexity index is 1900. The van der Waals surface area contributed by atoms with E-state index < -0.39 is 76.7 Å². The summed E-state index contributed by atoms with van der Waals surface area (Å²) in [5.74, 6) is -3.42. The van der Waals surface area contributed by atoms with E-state index in [9.17, 15) is 41.9 Å². The highest BCUT2D eigenvalue weighted by Gasteiger charge is 2.55. The number of carbonyl (C=O) groups excluding carboxylic acids is 6. The molecule has 2 unspecified atom stereocenters. The topological polar surface area (TPSA) is 206 Å². The van der Waals surface area contributed by atoms with Gasteiger partial charge in [0, 0.05) is 50.7 Å². The summed E-state index contributed by atoms with van der Waals surface area (Å²) in [5.41, 5.74) is -4.04. The average molecular weight is 716 g/mol. The molecule has 3 aliphatic heterocycles. The van der Waals surface area contributed by atoms with Crippen molar-refractivity contribution in [1.29, 1.82) is 0 Å². The van der Waals surface area contributed by atoms with Gasteiger partial charge in [0.1, 0.15) is 0 Å². The molecule has 2 fully saturated rings. The molecular weight excluding hydrogens is 691 g/mol. The fourth-order valence-corrected chi connectivity index (χ4v) is 6.21. The second kappa shape index (κ2) is 13.0. The zero-order chi connectivity index (χ0) is 35.8. The number of carbonyl (C=O) groups is 6. The minimum Gasteiger partial charge on any atom is -0.444 e. The molecule has 16 nitrogen and oxygen atoms in total. The Hall–Kier alpha value is -5.72. The van der Waals surface area contributed by atoms with E-state index in [1.54, 1.807) is 0 Å². The molecule has 0 radical (unpaired) electrons. The number of imide groups is 2. The lowest BCUT2D eigenvalue weighted by Crippen LogP contribution is -2.46. The van der Waals surface area contributed by atoms with Crippen LogP contribution in [0.5, 0.6) is 0 Å². The molecule has 260 valence electrons. The third-order valence-electron chi connectivity index (χ3n) is 8.45. The fraction of sp³-hybridized carbons (Fsp3) is 0.333. The molecule has 5 heterocycles. The van der Waals surface area contributed by atoms with Gasteiger partial charge in [0.2, 0.25) is 5.91 Å². The van der Waals surface area contributed by atoms with Gasteiger partial charge in [-0.15, -0.1) is 0 Å². The lowest BCUT2D eigenvalue weighted by Gasteiger charge is -2.26. The van der Waals surface area contributed by atoms with Gasteiger partial charge in [-0.2, -0.15) is 13.2 Å². The number of esters is 1. The third-order valence-corrected chi connectivity index (χ3v) is 8.77. The molecule has 50 heavy (non-hydrogen) atoms. The first-order chi connectivity index (χ1) is 23.7. The maximum Gasteiger partial charge on any atom is 0.417 e. The van der Waals surface area contributed by atoms with Gasteiger partial charge in [-0.25, -0.2) is 34.4 Å². The summed E-state index contributed by atoms with van der Waals surface area (Å²) >= 11 is 5.84. The van der Waals surface area contributed by atoms with Crippen molar-refractivity contribution in [3.63, 3.8) is 0 Å². The van der Waals surface area contributed by atoms with Crippen LogP contribution in [-0.4, -0.2) is 72.2 Å². The highest BCUT2D eigenvalue weighted by molar-refractivity contribution is 6.31. The normalized spacial score (nSPS) is 21.5. The molecule has 20 heteroatoms. The Kier molecular flexibility index (Phi) is 8.85. The highest BCUT2D eigenvalue weighted by atomic mass is 35.5. The summed E-state index contributed by atoms with van der Waals surface area (Å²) < 4.78 is 45.3. The standard InChI is InChI=1S/C30H25ClF3N9O7/c31-19-12-17-14-42(13-16(17)11-18(19)30(32,33)34)20(44)3-5-29(23-37-9-2-10-38-23)25(47)43(27(49)41-29)15-50-21(45)4-6-28(22-35-7-1-8-36-22)24(46)39-26(48)40-28/h1-2,7-12H,3-6,13-15H2,(H,41,49)(H2,39,40,46,48). The van der Waals surface area contributed by atoms with Crippen LogP contribution in [0.15, 0.2) is 49.1 Å². The van der Waals surface area contributed by atoms with Crippen LogP contribution in [0.4, 0.5) is 22.8 Å². The number of amides is 7. The molecule has 6 rings (SSSR count). The molecule has 2 saturated heterocycles. The van der Waals surface area contributed by atoms with E-state index in [4.69, 9.17) is 16.3 Å². The number of ether oxygens (including phenoxy) is 1. The monoisotopic (exact) mass is 715 g/mol. The van der Waals surface area contributed by atoms with E-state index in [1.807, 2.05) is 0 Å². The van der Waals surface area contributed by atoms with E-state index >= 15 is 0 Å². The van der Waals surface area contributed by atoms with Crippen molar-refractivity contribution in [3.05, 3.63) is 82.4 Å². The summed E-state index contributed by atoms with van der Waals surface area (Å²) in [6.07, 6.45) is -0.844. The second-order valence-corrected chi connectivity index (χ2v) is 11.9. The predicted molar refractivity (Wildman–Crippen MR) is 160 cm³/mol. The number of benzene rings is 1. The Morgan fingerprint density at radius 1 is 0.860 bits per heavy atom. The number of fused-ring (bicyclic) bond motifs is 1. The number of nitrogens with one attached hydrogen (secondary N) is 3. The largest absolute Gasteiger partial charge is 0.444 e. The van der Waals surface area contributed by atoms with Gasteiger partial charge in [0.25, 0.3) is 11.8 Å². The van der Waals surface area contributed by atoms with E-state index in [0.717, 1.165) is 6.07 Å². The maximum atomic E-state index is 13.8. The minimum atomic E-state index is -4.68. The Labute approximate surface area is 284 Å². The van der Waals surface area contributed by atoms with Crippen molar-refractivity contribution in [1.82, 2.24) is 45.7 Å². The van der Waals surface area contributed by atoms with Gasteiger partial charge < -0.3 is 20.3 Å². The molecule has 1 aromatic carbocycles. The number of nitrogens with zero attached hydrogens (tertiary/aromatic N) is 6. The third kappa shape index (κ3) is 6.26. The lowest BCUT2D eigenvalue weighted by atomic mass is 9.91. The molecule has 0 saturated carbocycles. The zero-order valence-corrected chi connectivity index (χ0v) is 26.4. The summed E-state index contributed by atoms with van der Waals surface area (Å²) in [5, 5.41) is 6.53. The Balaban J connectivity index is 1.12. The summed E-state index contributed by atoms with van der Waals surface area (Å²) in [6, 6.07) is 3.22. The molecule has 3 N–H and O–H groups in total. The molecule has 2 aromatic heterocycles. The first kappa shape index (κ1) is 34.2. The van der Waals surface area contributed by atoms with Gasteiger partial charge >= 0.3 is 24.2 Å². The maximum absolute atomic E-state index is 13.8. The number of hydrogen-bond donors (Lipinski definition) is 3. The van der Waals surface area contributed by atoms with Gasteiger partial charge in [-0.1, -0.05) is 11.6 Å². The molecule has 0 aliphatic carbocycles. The quantitative estimate of drug-likeness (QED) is 0.205. The summed E-state index contributed by atoms with van der Waals surface area (Å²) in [6.45, 7) is -1.01. The van der Waals surface area contributed by atoms with Crippen LogP contribution in [0.2, 0.25) is 5.02 Å². The van der Waals surface area contributed by atoms with E-state index in [2.05, 4.69) is 35.9 Å². The predicted octanol–water partition coefficient (Wildman–Crippen LogP) is 2.02. The van der Waals surface area contributed by atoms with E-state index in [-0.39, 0.29) is 49.6 Å². The number of aromatic nitrogens is 4. The number of hydrogen-bond acceptors (Lipinski definition) is 11. The molecule has 3 aromatic rings. The van der Waals surface area contributed by atoms with E-state index in [1.165, 1.54) is 47.9 Å². The summed E-state index contributed by atoms with van der Waals surface area (Å²) in [7, 11) is 0. The Morgan fingerprint density at radius 3 is 2.02 bits per heavy atom. The first-order valence-corrected chi connectivity index (χ1v) is 15.3. The van der Waals surface area contributed by atoms with Crippen molar-refractivity contribution >= 4 is 47.4 Å². The minimum absolute atomic E-state index is 0.0216. The molecule has 0 spiro atoms. The second-order valence-electron chi connectivity index (χ2n) is 11.5. The molecular formula is C30H25ClF3N9O7. The summed E-state index contributed by atoms with van der Waals surface area (Å²) in [4.78, 5) is 95.8.